The number of nitrogens with one attached hydrogen (secondary N) is 1. The first kappa shape index (κ1) is 17.3. The Morgan fingerprint density at radius 2 is 1.85 bits per heavy atom. The minimum Gasteiger partial charge on any atom is -0.370 e. The Morgan fingerprint density at radius 3 is 2.35 bits per heavy atom. The summed E-state index contributed by atoms with van der Waals surface area (Å²) >= 11 is 6.46. The molecule has 0 amide bonds. The Kier molecular flexibility index (Phi) is 7.39. The van der Waals surface area contributed by atoms with Gasteiger partial charge in [-0.25, -0.2) is 0 Å². The highest BCUT2D eigenvalue weighted by molar-refractivity contribution is 6.33. The Hall–Kier alpha value is -0.730. The highest BCUT2D eigenvalue weighted by Gasteiger charge is 2.10. The first-order valence-corrected chi connectivity index (χ1v) is 8.05. The average molecular weight is 297 g/mol. The number of nitrogens with zero attached hydrogens (tertiary/aromatic N) is 1. The van der Waals surface area contributed by atoms with Crippen LogP contribution in [-0.2, 0) is 6.54 Å². The van der Waals surface area contributed by atoms with Crippen molar-refractivity contribution in [3.63, 3.8) is 0 Å². The number of halogens is 1. The van der Waals surface area contributed by atoms with Gasteiger partial charge in [0.15, 0.2) is 0 Å². The van der Waals surface area contributed by atoms with E-state index in [2.05, 4.69) is 63.0 Å². The molecule has 0 unspecified atom stereocenters. The normalized spacial score (nSPS) is 11.4. The maximum absolute atomic E-state index is 6.46. The summed E-state index contributed by atoms with van der Waals surface area (Å²) in [5.41, 5.74) is 2.40. The fourth-order valence-electron chi connectivity index (χ4n) is 2.26. The van der Waals surface area contributed by atoms with Gasteiger partial charge in [0.25, 0.3) is 0 Å². The van der Waals surface area contributed by atoms with Crippen molar-refractivity contribution < 1.29 is 0 Å². The first-order chi connectivity index (χ1) is 9.43. The summed E-state index contributed by atoms with van der Waals surface area (Å²) in [5.74, 6) is 1.31. The lowest BCUT2D eigenvalue weighted by Crippen LogP contribution is -2.27. The van der Waals surface area contributed by atoms with E-state index in [1.54, 1.807) is 0 Å². The van der Waals surface area contributed by atoms with E-state index >= 15 is 0 Å². The predicted octanol–water partition coefficient (Wildman–Crippen LogP) is 4.57. The van der Waals surface area contributed by atoms with Gasteiger partial charge in [-0.3, -0.25) is 0 Å². The lowest BCUT2D eigenvalue weighted by Gasteiger charge is -2.26. The van der Waals surface area contributed by atoms with E-state index in [0.29, 0.717) is 11.8 Å². The molecule has 0 aromatic heterocycles. The highest BCUT2D eigenvalue weighted by atomic mass is 35.5. The van der Waals surface area contributed by atoms with Crippen LogP contribution in [0.15, 0.2) is 18.2 Å². The average Bonchev–Trinajstić information content (AvgIpc) is 2.36. The van der Waals surface area contributed by atoms with Gasteiger partial charge in [0.05, 0.1) is 10.7 Å². The SMILES string of the molecule is CCN(CC(C)C)c1ccc(CNCC(C)C)cc1Cl. The van der Waals surface area contributed by atoms with Crippen LogP contribution in [0.5, 0.6) is 0 Å². The first-order valence-electron chi connectivity index (χ1n) is 7.68. The Labute approximate surface area is 129 Å². The summed E-state index contributed by atoms with van der Waals surface area (Å²) in [6, 6.07) is 6.42. The standard InChI is InChI=1S/C17H29ClN2/c1-6-20(12-14(4)5)17-8-7-15(9-16(17)18)11-19-10-13(2)3/h7-9,13-14,19H,6,10-12H2,1-5H3. The largest absolute Gasteiger partial charge is 0.370 e. The van der Waals surface area contributed by atoms with E-state index < -0.39 is 0 Å². The second-order valence-corrected chi connectivity index (χ2v) is 6.65. The molecule has 1 aromatic rings. The molecule has 0 atom stereocenters. The highest BCUT2D eigenvalue weighted by Crippen LogP contribution is 2.27. The van der Waals surface area contributed by atoms with Gasteiger partial charge in [0.2, 0.25) is 0 Å². The Morgan fingerprint density at radius 1 is 1.15 bits per heavy atom. The molecule has 0 saturated heterocycles. The molecule has 0 fully saturated rings. The van der Waals surface area contributed by atoms with Gasteiger partial charge in [-0.15, -0.1) is 0 Å². The van der Waals surface area contributed by atoms with E-state index in [1.807, 2.05) is 0 Å². The number of hydrogen-bond acceptors (Lipinski definition) is 2. The Bertz CT molecular complexity index is 402. The molecule has 20 heavy (non-hydrogen) atoms. The van der Waals surface area contributed by atoms with Crippen molar-refractivity contribution in [2.45, 2.75) is 41.2 Å². The summed E-state index contributed by atoms with van der Waals surface area (Å²) < 4.78 is 0. The summed E-state index contributed by atoms with van der Waals surface area (Å²) in [6.45, 7) is 15.0. The van der Waals surface area contributed by atoms with Crippen LogP contribution in [0.3, 0.4) is 0 Å². The van der Waals surface area contributed by atoms with Gasteiger partial charge in [0.1, 0.15) is 0 Å². The molecule has 0 aliphatic rings. The third-order valence-corrected chi connectivity index (χ3v) is 3.50. The van der Waals surface area contributed by atoms with Gasteiger partial charge < -0.3 is 10.2 Å². The van der Waals surface area contributed by atoms with Crippen molar-refractivity contribution in [2.24, 2.45) is 11.8 Å². The van der Waals surface area contributed by atoms with Crippen LogP contribution in [0, 0.1) is 11.8 Å². The minimum absolute atomic E-state index is 0.637. The molecule has 0 radical (unpaired) electrons. The molecular formula is C17H29ClN2. The van der Waals surface area contributed by atoms with Crippen LogP contribution in [0.4, 0.5) is 5.69 Å². The maximum atomic E-state index is 6.46. The number of benzene rings is 1. The van der Waals surface area contributed by atoms with E-state index in [-0.39, 0.29) is 0 Å². The zero-order chi connectivity index (χ0) is 15.1. The molecule has 0 bridgehead atoms. The smallest absolute Gasteiger partial charge is 0.0642 e. The number of rotatable bonds is 8. The van der Waals surface area contributed by atoms with Crippen LogP contribution in [-0.4, -0.2) is 19.6 Å². The zero-order valence-electron chi connectivity index (χ0n) is 13.5. The molecule has 0 saturated carbocycles. The van der Waals surface area contributed by atoms with Crippen molar-refractivity contribution >= 4 is 17.3 Å². The summed E-state index contributed by atoms with van der Waals surface area (Å²) in [5, 5.41) is 4.31. The second-order valence-electron chi connectivity index (χ2n) is 6.24. The molecule has 2 nitrogen and oxygen atoms in total. The number of anilines is 1. The monoisotopic (exact) mass is 296 g/mol. The van der Waals surface area contributed by atoms with Gasteiger partial charge in [-0.1, -0.05) is 45.4 Å². The molecule has 0 aliphatic carbocycles. The van der Waals surface area contributed by atoms with Crippen LogP contribution >= 0.6 is 11.6 Å². The number of hydrogen-bond donors (Lipinski definition) is 1. The van der Waals surface area contributed by atoms with Crippen molar-refractivity contribution in [3.8, 4) is 0 Å². The van der Waals surface area contributed by atoms with Gasteiger partial charge in [-0.05, 0) is 43.0 Å². The lowest BCUT2D eigenvalue weighted by molar-refractivity contribution is 0.552. The Balaban J connectivity index is 2.71. The third-order valence-electron chi connectivity index (χ3n) is 3.20. The van der Waals surface area contributed by atoms with Crippen molar-refractivity contribution in [3.05, 3.63) is 28.8 Å². The summed E-state index contributed by atoms with van der Waals surface area (Å²) in [4.78, 5) is 2.35. The van der Waals surface area contributed by atoms with Crippen molar-refractivity contribution in [1.29, 1.82) is 0 Å². The van der Waals surface area contributed by atoms with Crippen LogP contribution in [0.25, 0.3) is 0 Å². The quantitative estimate of drug-likeness (QED) is 0.756. The third kappa shape index (κ3) is 5.72. The molecule has 0 spiro atoms. The van der Waals surface area contributed by atoms with Crippen LogP contribution < -0.4 is 10.2 Å². The van der Waals surface area contributed by atoms with Gasteiger partial charge in [0, 0.05) is 19.6 Å². The fourth-order valence-corrected chi connectivity index (χ4v) is 2.58. The minimum atomic E-state index is 0.637. The molecule has 114 valence electrons. The fraction of sp³-hybridized carbons (Fsp3) is 0.647. The van der Waals surface area contributed by atoms with Crippen LogP contribution in [0.1, 0.15) is 40.2 Å². The second kappa shape index (κ2) is 8.53. The zero-order valence-corrected chi connectivity index (χ0v) is 14.3. The maximum Gasteiger partial charge on any atom is 0.0642 e. The van der Waals surface area contributed by atoms with E-state index in [0.717, 1.165) is 36.9 Å². The van der Waals surface area contributed by atoms with E-state index in [1.165, 1.54) is 5.56 Å². The molecule has 1 aromatic carbocycles. The van der Waals surface area contributed by atoms with E-state index in [4.69, 9.17) is 11.6 Å². The van der Waals surface area contributed by atoms with Crippen LogP contribution in [0.2, 0.25) is 5.02 Å². The molecular weight excluding hydrogens is 268 g/mol. The lowest BCUT2D eigenvalue weighted by atomic mass is 10.1. The van der Waals surface area contributed by atoms with Crippen molar-refractivity contribution in [2.75, 3.05) is 24.5 Å². The molecule has 3 heteroatoms. The molecule has 1 N–H and O–H groups in total. The predicted molar refractivity (Wildman–Crippen MR) is 90.7 cm³/mol. The molecule has 0 aliphatic heterocycles. The summed E-state index contributed by atoms with van der Waals surface area (Å²) in [6.07, 6.45) is 0. The van der Waals surface area contributed by atoms with E-state index in [9.17, 15) is 0 Å². The van der Waals surface area contributed by atoms with Gasteiger partial charge in [-0.2, -0.15) is 0 Å². The molecule has 1 rings (SSSR count). The van der Waals surface area contributed by atoms with Gasteiger partial charge >= 0.3 is 0 Å². The topological polar surface area (TPSA) is 15.3 Å². The summed E-state index contributed by atoms with van der Waals surface area (Å²) in [7, 11) is 0. The molecule has 0 heterocycles. The van der Waals surface area contributed by atoms with Crippen molar-refractivity contribution in [1.82, 2.24) is 5.32 Å².